The van der Waals surface area contributed by atoms with Crippen molar-refractivity contribution in [1.82, 2.24) is 0 Å². The van der Waals surface area contributed by atoms with Gasteiger partial charge in [0.25, 0.3) is 0 Å². The maximum absolute atomic E-state index is 13.1. The molecule has 1 unspecified atom stereocenters. The molecule has 53 heavy (non-hydrogen) atoms. The summed E-state index contributed by atoms with van der Waals surface area (Å²) in [4.78, 5) is 39.5. The summed E-state index contributed by atoms with van der Waals surface area (Å²) in [7, 11) is 1.45. The fraction of sp³-hybridized carbons (Fsp3) is 0.326. The second-order valence-electron chi connectivity index (χ2n) is 13.6. The summed E-state index contributed by atoms with van der Waals surface area (Å²) in [6, 6.07) is 29.8. The van der Waals surface area contributed by atoms with Crippen LogP contribution in [-0.2, 0) is 23.9 Å². The SMILES string of the molecule is C=C(C(=O)OC1CCC(Oc2ccc(-c3ccc(SC(=O)C4CCOC4)cc3)cc2)CC1)c1ccc(OC(=O)C(C)(C)Oc2ccccc2)c(OC)c1. The number of esters is 2. The maximum Gasteiger partial charge on any atom is 0.355 e. The number of hydrogen-bond donors (Lipinski definition) is 0. The third-order valence-corrected chi connectivity index (χ3v) is 10.3. The van der Waals surface area contributed by atoms with Gasteiger partial charge in [-0.2, -0.15) is 0 Å². The van der Waals surface area contributed by atoms with Gasteiger partial charge in [-0.05, 0) is 111 Å². The van der Waals surface area contributed by atoms with Gasteiger partial charge in [0.2, 0.25) is 5.60 Å². The van der Waals surface area contributed by atoms with Crippen LogP contribution in [0, 0.1) is 5.92 Å². The third-order valence-electron chi connectivity index (χ3n) is 9.29. The molecule has 1 saturated heterocycles. The molecule has 1 atom stereocenters. The lowest BCUT2D eigenvalue weighted by atomic mass is 9.94. The molecule has 1 aliphatic heterocycles. The Balaban J connectivity index is 0.953. The molecular formula is C43H44O9S. The molecule has 4 aromatic rings. The van der Waals surface area contributed by atoms with E-state index in [0.29, 0.717) is 37.4 Å². The number of para-hydroxylation sites is 1. The Kier molecular flexibility index (Phi) is 12.2. The summed E-state index contributed by atoms with van der Waals surface area (Å²) in [6.45, 7) is 8.40. The molecule has 1 aliphatic carbocycles. The molecule has 6 rings (SSSR count). The quantitative estimate of drug-likeness (QED) is 0.0573. The highest BCUT2D eigenvalue weighted by Crippen LogP contribution is 2.34. The van der Waals surface area contributed by atoms with Crippen LogP contribution in [0.2, 0.25) is 0 Å². The highest BCUT2D eigenvalue weighted by molar-refractivity contribution is 8.13. The molecule has 0 aromatic heterocycles. The summed E-state index contributed by atoms with van der Waals surface area (Å²) in [5.74, 6) is 0.641. The zero-order chi connectivity index (χ0) is 37.4. The predicted octanol–water partition coefficient (Wildman–Crippen LogP) is 8.73. The molecule has 1 saturated carbocycles. The summed E-state index contributed by atoms with van der Waals surface area (Å²) >= 11 is 1.28. The number of benzene rings is 4. The smallest absolute Gasteiger partial charge is 0.355 e. The average molecular weight is 737 g/mol. The number of thioether (sulfide) groups is 1. The molecule has 0 spiro atoms. The Morgan fingerprint density at radius 3 is 2.08 bits per heavy atom. The lowest BCUT2D eigenvalue weighted by molar-refractivity contribution is -0.149. The second-order valence-corrected chi connectivity index (χ2v) is 14.7. The third kappa shape index (κ3) is 9.88. The van der Waals surface area contributed by atoms with Gasteiger partial charge in [-0.15, -0.1) is 0 Å². The van der Waals surface area contributed by atoms with Crippen LogP contribution in [0.1, 0.15) is 51.5 Å². The second kappa shape index (κ2) is 17.2. The lowest BCUT2D eigenvalue weighted by Gasteiger charge is -2.29. The number of ether oxygens (including phenoxy) is 6. The lowest BCUT2D eigenvalue weighted by Crippen LogP contribution is -2.41. The molecule has 10 heteroatoms. The summed E-state index contributed by atoms with van der Waals surface area (Å²) in [5.41, 5.74) is 1.52. The van der Waals surface area contributed by atoms with Crippen molar-refractivity contribution in [2.45, 2.75) is 68.7 Å². The van der Waals surface area contributed by atoms with Crippen molar-refractivity contribution < 1.29 is 42.8 Å². The number of methoxy groups -OCH3 is 1. The van der Waals surface area contributed by atoms with Gasteiger partial charge in [-0.25, -0.2) is 9.59 Å². The van der Waals surface area contributed by atoms with Crippen LogP contribution in [0.3, 0.4) is 0 Å². The van der Waals surface area contributed by atoms with Crippen LogP contribution in [0.5, 0.6) is 23.0 Å². The van der Waals surface area contributed by atoms with Gasteiger partial charge in [-0.1, -0.05) is 66.9 Å². The average Bonchev–Trinajstić information content (AvgIpc) is 3.72. The monoisotopic (exact) mass is 736 g/mol. The molecule has 2 aliphatic rings. The van der Waals surface area contributed by atoms with Gasteiger partial charge >= 0.3 is 11.9 Å². The minimum atomic E-state index is -1.27. The van der Waals surface area contributed by atoms with E-state index in [0.717, 1.165) is 41.0 Å². The van der Waals surface area contributed by atoms with Crippen LogP contribution in [-0.4, -0.2) is 55.2 Å². The first-order valence-corrected chi connectivity index (χ1v) is 18.6. The molecular weight excluding hydrogens is 693 g/mol. The van der Waals surface area contributed by atoms with Crippen LogP contribution in [0.15, 0.2) is 109 Å². The van der Waals surface area contributed by atoms with E-state index < -0.39 is 17.5 Å². The van der Waals surface area contributed by atoms with Gasteiger partial charge < -0.3 is 28.4 Å². The van der Waals surface area contributed by atoms with Crippen molar-refractivity contribution in [3.05, 3.63) is 109 Å². The largest absolute Gasteiger partial charge is 0.493 e. The number of carbonyl (C=O) groups excluding carboxylic acids is 3. The van der Waals surface area contributed by atoms with Gasteiger partial charge in [0.1, 0.15) is 17.6 Å². The van der Waals surface area contributed by atoms with E-state index in [2.05, 4.69) is 6.58 Å². The Labute approximate surface area is 314 Å². The van der Waals surface area contributed by atoms with E-state index in [1.807, 2.05) is 66.7 Å². The van der Waals surface area contributed by atoms with Crippen LogP contribution < -0.4 is 18.9 Å². The first kappa shape index (κ1) is 37.7. The molecule has 1 heterocycles. The highest BCUT2D eigenvalue weighted by atomic mass is 32.2. The maximum atomic E-state index is 13.1. The Morgan fingerprint density at radius 1 is 0.774 bits per heavy atom. The Morgan fingerprint density at radius 2 is 1.43 bits per heavy atom. The molecule has 2 fully saturated rings. The zero-order valence-electron chi connectivity index (χ0n) is 30.2. The van der Waals surface area contributed by atoms with Crippen LogP contribution in [0.4, 0.5) is 0 Å². The van der Waals surface area contributed by atoms with Crippen LogP contribution in [0.25, 0.3) is 16.7 Å². The molecule has 276 valence electrons. The molecule has 0 amide bonds. The fourth-order valence-corrected chi connectivity index (χ4v) is 7.01. The van der Waals surface area contributed by atoms with E-state index in [-0.39, 0.29) is 40.3 Å². The number of hydrogen-bond acceptors (Lipinski definition) is 10. The zero-order valence-corrected chi connectivity index (χ0v) is 31.0. The van der Waals surface area contributed by atoms with Crippen LogP contribution >= 0.6 is 11.8 Å². The van der Waals surface area contributed by atoms with Gasteiger partial charge in [0.15, 0.2) is 16.6 Å². The van der Waals surface area contributed by atoms with E-state index in [9.17, 15) is 14.4 Å². The molecule has 9 nitrogen and oxygen atoms in total. The first-order chi connectivity index (χ1) is 25.6. The molecule has 4 aromatic carbocycles. The fourth-order valence-electron chi connectivity index (χ4n) is 6.15. The summed E-state index contributed by atoms with van der Waals surface area (Å²) in [6.07, 6.45) is 3.39. The van der Waals surface area contributed by atoms with E-state index >= 15 is 0 Å². The first-order valence-electron chi connectivity index (χ1n) is 17.8. The van der Waals surface area contributed by atoms with Gasteiger partial charge in [0, 0.05) is 11.5 Å². The van der Waals surface area contributed by atoms with Gasteiger partial charge in [0.05, 0.1) is 31.3 Å². The van der Waals surface area contributed by atoms with Crippen molar-refractivity contribution in [3.63, 3.8) is 0 Å². The van der Waals surface area contributed by atoms with Crippen molar-refractivity contribution in [2.24, 2.45) is 5.92 Å². The highest BCUT2D eigenvalue weighted by Gasteiger charge is 2.33. The minimum absolute atomic E-state index is 0.0144. The van der Waals surface area contributed by atoms with Crippen molar-refractivity contribution in [3.8, 4) is 34.1 Å². The van der Waals surface area contributed by atoms with Crippen molar-refractivity contribution in [1.29, 1.82) is 0 Å². The normalized spacial score (nSPS) is 18.4. The standard InChI is InChI=1S/C43H44O9S/c1-28(31-14-23-38(39(26-31)47-4)51-42(46)43(2,3)52-36-8-6-5-7-9-36)40(44)50-35-19-17-34(18-20-35)49-33-15-10-29(11-16-33)30-12-21-37(22-13-30)53-41(45)32-24-25-48-27-32/h5-16,21-23,26,32,34-35H,1,17-20,24-25,27H2,2-4H3. The summed E-state index contributed by atoms with van der Waals surface area (Å²) < 4.78 is 34.4. The predicted molar refractivity (Wildman–Crippen MR) is 203 cm³/mol. The molecule has 0 radical (unpaired) electrons. The Bertz CT molecular complexity index is 1890. The Hall–Kier alpha value is -5.06. The van der Waals surface area contributed by atoms with E-state index in [1.54, 1.807) is 44.2 Å². The number of rotatable bonds is 13. The van der Waals surface area contributed by atoms with E-state index in [4.69, 9.17) is 28.4 Å². The topological polar surface area (TPSA) is 107 Å². The molecule has 0 N–H and O–H groups in total. The van der Waals surface area contributed by atoms with Crippen molar-refractivity contribution >= 4 is 34.4 Å². The van der Waals surface area contributed by atoms with E-state index in [1.165, 1.54) is 18.9 Å². The van der Waals surface area contributed by atoms with Gasteiger partial charge in [-0.3, -0.25) is 4.79 Å². The minimum Gasteiger partial charge on any atom is -0.493 e. The molecule has 0 bridgehead atoms. The van der Waals surface area contributed by atoms with Crippen molar-refractivity contribution in [2.75, 3.05) is 20.3 Å². The number of carbonyl (C=O) groups is 3. The summed E-state index contributed by atoms with van der Waals surface area (Å²) in [5, 5.41) is 0.162.